The van der Waals surface area contributed by atoms with Gasteiger partial charge < -0.3 is 9.84 Å². The number of nitriles is 1. The van der Waals surface area contributed by atoms with Crippen molar-refractivity contribution >= 4 is 11.9 Å². The average Bonchev–Trinajstić information content (AvgIpc) is 3.29. The van der Waals surface area contributed by atoms with E-state index in [1.165, 1.54) is 5.57 Å². The Hall–Kier alpha value is -2.29. The van der Waals surface area contributed by atoms with E-state index in [9.17, 15) is 20.0 Å². The second kappa shape index (κ2) is 7.92. The molecule has 3 saturated carbocycles. The number of hydrogen-bond donors (Lipinski definition) is 1. The molecule has 6 heteroatoms. The van der Waals surface area contributed by atoms with Gasteiger partial charge in [-0.2, -0.15) is 5.26 Å². The summed E-state index contributed by atoms with van der Waals surface area (Å²) in [6, 6.07) is 2.31. The van der Waals surface area contributed by atoms with Crippen LogP contribution in [0.4, 0.5) is 4.79 Å². The van der Waals surface area contributed by atoms with E-state index in [2.05, 4.69) is 54.5 Å². The van der Waals surface area contributed by atoms with Crippen LogP contribution in [0.5, 0.6) is 0 Å². The predicted molar refractivity (Wildman–Crippen MR) is 148 cm³/mol. The molecule has 1 heterocycles. The third-order valence-corrected chi connectivity index (χ3v) is 13.4. The monoisotopic (exact) mass is 534 g/mol. The van der Waals surface area contributed by atoms with E-state index in [4.69, 9.17) is 4.74 Å². The van der Waals surface area contributed by atoms with Crippen molar-refractivity contribution < 1.29 is 19.4 Å². The molecule has 7 atom stereocenters. The van der Waals surface area contributed by atoms with Gasteiger partial charge in [-0.3, -0.25) is 9.69 Å². The van der Waals surface area contributed by atoms with Crippen molar-refractivity contribution in [2.75, 3.05) is 13.2 Å². The molecule has 6 rings (SSSR count). The number of hydrogen-bond acceptors (Lipinski definition) is 5. The first-order valence-electron chi connectivity index (χ1n) is 15.1. The van der Waals surface area contributed by atoms with Crippen LogP contribution in [0.1, 0.15) is 99.8 Å². The lowest BCUT2D eigenvalue weighted by molar-refractivity contribution is -0.173. The minimum atomic E-state index is -0.522. The van der Waals surface area contributed by atoms with Gasteiger partial charge in [0.15, 0.2) is 5.78 Å². The first kappa shape index (κ1) is 26.9. The number of aliphatic hydroxyl groups is 1. The Morgan fingerprint density at radius 2 is 1.72 bits per heavy atom. The average molecular weight is 535 g/mol. The van der Waals surface area contributed by atoms with E-state index >= 15 is 0 Å². The Labute approximate surface area is 233 Å². The van der Waals surface area contributed by atoms with E-state index < -0.39 is 5.41 Å². The van der Waals surface area contributed by atoms with Gasteiger partial charge in [-0.15, -0.1) is 0 Å². The fourth-order valence-electron chi connectivity index (χ4n) is 11.2. The van der Waals surface area contributed by atoms with Crippen molar-refractivity contribution in [3.05, 3.63) is 23.0 Å². The summed E-state index contributed by atoms with van der Waals surface area (Å²) in [6.45, 7) is 16.8. The molecule has 0 unspecified atom stereocenters. The highest BCUT2D eigenvalue weighted by Crippen LogP contribution is 2.74. The Morgan fingerprint density at radius 3 is 2.36 bits per heavy atom. The van der Waals surface area contributed by atoms with Crippen molar-refractivity contribution in [1.82, 2.24) is 4.90 Å². The molecule has 1 aliphatic heterocycles. The maximum absolute atomic E-state index is 14.6. The van der Waals surface area contributed by atoms with Crippen LogP contribution in [-0.4, -0.2) is 40.6 Å². The van der Waals surface area contributed by atoms with Gasteiger partial charge >= 0.3 is 6.09 Å². The molecular weight excluding hydrogens is 488 g/mol. The molecule has 1 amide bonds. The molecule has 0 spiro atoms. The largest absolute Gasteiger partial charge is 0.511 e. The number of carbonyl (C=O) groups is 2. The minimum Gasteiger partial charge on any atom is -0.511 e. The highest BCUT2D eigenvalue weighted by atomic mass is 16.6. The molecule has 0 aromatic carbocycles. The topological polar surface area (TPSA) is 90.6 Å². The lowest BCUT2D eigenvalue weighted by Crippen LogP contribution is -2.69. The zero-order chi connectivity index (χ0) is 28.4. The van der Waals surface area contributed by atoms with Crippen LogP contribution in [0.25, 0.3) is 0 Å². The van der Waals surface area contributed by atoms with E-state index in [-0.39, 0.29) is 62.6 Å². The van der Waals surface area contributed by atoms with Gasteiger partial charge in [0.1, 0.15) is 12.4 Å². The van der Waals surface area contributed by atoms with Gasteiger partial charge in [0.2, 0.25) is 0 Å². The van der Waals surface area contributed by atoms with Crippen molar-refractivity contribution in [3.63, 3.8) is 0 Å². The number of nitrogens with zero attached hydrogens (tertiary/aromatic N) is 2. The predicted octanol–water partition coefficient (Wildman–Crippen LogP) is 7.12. The van der Waals surface area contributed by atoms with Gasteiger partial charge in [-0.25, -0.2) is 4.79 Å². The van der Waals surface area contributed by atoms with Crippen LogP contribution < -0.4 is 0 Å². The van der Waals surface area contributed by atoms with Crippen LogP contribution >= 0.6 is 0 Å². The summed E-state index contributed by atoms with van der Waals surface area (Å²) in [7, 11) is 0. The van der Waals surface area contributed by atoms with Crippen LogP contribution in [0.2, 0.25) is 0 Å². The van der Waals surface area contributed by atoms with Gasteiger partial charge in [0.25, 0.3) is 0 Å². The summed E-state index contributed by atoms with van der Waals surface area (Å²) in [5.41, 5.74) is 0.138. The highest BCUT2D eigenvalue weighted by molar-refractivity contribution is 5.95. The molecule has 4 fully saturated rings. The van der Waals surface area contributed by atoms with E-state index in [0.29, 0.717) is 25.1 Å². The lowest BCUT2D eigenvalue weighted by Gasteiger charge is -2.70. The molecule has 39 heavy (non-hydrogen) atoms. The molecule has 0 aromatic heterocycles. The molecule has 6 nitrogen and oxygen atoms in total. The number of ether oxygens (including phenoxy) is 1. The molecule has 0 radical (unpaired) electrons. The number of rotatable bonds is 1. The molecule has 212 valence electrons. The quantitative estimate of drug-likeness (QED) is 0.387. The number of aliphatic hydroxyl groups excluding tert-OH is 1. The fraction of sp³-hybridized carbons (Fsp3) is 0.788. The second-order valence-corrected chi connectivity index (χ2v) is 15.9. The normalized spacial score (nSPS) is 46.3. The Balaban J connectivity index is 1.50. The van der Waals surface area contributed by atoms with E-state index in [1.54, 1.807) is 0 Å². The fourth-order valence-corrected chi connectivity index (χ4v) is 11.2. The smallest absolute Gasteiger partial charge is 0.410 e. The summed E-state index contributed by atoms with van der Waals surface area (Å²) >= 11 is 0. The Kier molecular flexibility index (Phi) is 5.46. The Morgan fingerprint density at radius 1 is 1.03 bits per heavy atom. The van der Waals surface area contributed by atoms with Crippen LogP contribution in [0, 0.1) is 56.2 Å². The zero-order valence-electron chi connectivity index (χ0n) is 24.9. The minimum absolute atomic E-state index is 0.0970. The first-order chi connectivity index (χ1) is 18.1. The van der Waals surface area contributed by atoms with Gasteiger partial charge in [0, 0.05) is 16.9 Å². The van der Waals surface area contributed by atoms with Crippen LogP contribution in [-0.2, 0) is 9.53 Å². The number of allylic oxidation sites excluding steroid dienone is 4. The van der Waals surface area contributed by atoms with Gasteiger partial charge in [-0.1, -0.05) is 54.0 Å². The second-order valence-electron chi connectivity index (χ2n) is 15.9. The van der Waals surface area contributed by atoms with Crippen LogP contribution in [0.3, 0.4) is 0 Å². The number of amides is 1. The summed E-state index contributed by atoms with van der Waals surface area (Å²) in [5, 5.41) is 21.0. The van der Waals surface area contributed by atoms with Crippen LogP contribution in [0.15, 0.2) is 23.0 Å². The SMILES string of the molecule is CC1(C)CC[C@]2(N3CCOC3=O)CC[C@]3(C)[C@H](C(=O)C=C4[C@@]5(C)CC(C#N)=C(O)C(C)(C)[C@@H]5CC[C@]43C)[C@@H]2C1. The lowest BCUT2D eigenvalue weighted by atomic mass is 9.34. The van der Waals surface area contributed by atoms with E-state index in [0.717, 1.165) is 44.9 Å². The summed E-state index contributed by atoms with van der Waals surface area (Å²) in [6.07, 6.45) is 8.90. The van der Waals surface area contributed by atoms with Gasteiger partial charge in [0.05, 0.1) is 18.2 Å². The van der Waals surface area contributed by atoms with Crippen molar-refractivity contribution in [2.45, 2.75) is 105 Å². The number of fused-ring (bicyclic) bond motifs is 7. The molecule has 5 aliphatic carbocycles. The third-order valence-electron chi connectivity index (χ3n) is 13.4. The molecule has 1 N–H and O–H groups in total. The van der Waals surface area contributed by atoms with Gasteiger partial charge in [-0.05, 0) is 90.9 Å². The molecule has 0 aromatic rings. The summed E-state index contributed by atoms with van der Waals surface area (Å²) in [4.78, 5) is 29.6. The first-order valence-corrected chi connectivity index (χ1v) is 15.1. The number of ketones is 1. The maximum atomic E-state index is 14.6. The van der Waals surface area contributed by atoms with E-state index in [1.807, 2.05) is 11.0 Å². The van der Waals surface area contributed by atoms with Crippen molar-refractivity contribution in [2.24, 2.45) is 44.8 Å². The maximum Gasteiger partial charge on any atom is 0.410 e. The Bertz CT molecular complexity index is 1250. The number of carbonyl (C=O) groups excluding carboxylic acids is 2. The summed E-state index contributed by atoms with van der Waals surface area (Å²) < 4.78 is 5.47. The number of cyclic esters (lactones) is 1. The highest BCUT2D eigenvalue weighted by Gasteiger charge is 2.71. The molecule has 1 saturated heterocycles. The summed E-state index contributed by atoms with van der Waals surface area (Å²) in [5.74, 6) is 0.544. The third kappa shape index (κ3) is 3.19. The standard InChI is InChI=1S/C33H46N2O4/c1-28(2)10-12-33(35-14-15-39-27(35)38)13-11-32(7)25(21(33)18-28)22(36)16-24-30(5)17-20(19-34)26(37)29(3,4)23(30)8-9-31(24,32)6/h16,21,23,25,37H,8-15,17-18H2,1-7H3/t21-,23-,25-,30-,31+,32+,33-/m0/s1. The van der Waals surface area contributed by atoms with Crippen molar-refractivity contribution in [3.8, 4) is 6.07 Å². The zero-order valence-corrected chi connectivity index (χ0v) is 24.9. The molecule has 6 aliphatic rings. The molecule has 0 bridgehead atoms. The van der Waals surface area contributed by atoms with Crippen molar-refractivity contribution in [1.29, 1.82) is 5.26 Å². The molecular formula is C33H46N2O4.